The van der Waals surface area contributed by atoms with Crippen molar-refractivity contribution in [2.75, 3.05) is 11.9 Å². The zero-order valence-corrected chi connectivity index (χ0v) is 11.8. The number of hydrogen-bond donors (Lipinski definition) is 1. The Hall–Kier alpha value is -1.26. The third-order valence-electron chi connectivity index (χ3n) is 2.22. The van der Waals surface area contributed by atoms with Crippen molar-refractivity contribution in [3.63, 3.8) is 0 Å². The molecule has 0 saturated heterocycles. The van der Waals surface area contributed by atoms with Crippen molar-refractivity contribution in [2.45, 2.75) is 23.8 Å². The van der Waals surface area contributed by atoms with Crippen LogP contribution >= 0.6 is 23.4 Å². The number of aromatic nitrogens is 2. The van der Waals surface area contributed by atoms with E-state index in [4.69, 9.17) is 11.6 Å². The quantitative estimate of drug-likeness (QED) is 0.858. The Morgan fingerprint density at radius 2 is 2.06 bits per heavy atom. The first kappa shape index (κ1) is 13.2. The van der Waals surface area contributed by atoms with Crippen LogP contribution in [0.15, 0.2) is 40.3 Å². The molecule has 0 unspecified atom stereocenters. The van der Waals surface area contributed by atoms with Crippen molar-refractivity contribution in [2.24, 2.45) is 0 Å². The molecule has 1 aromatic carbocycles. The van der Waals surface area contributed by atoms with E-state index in [9.17, 15) is 0 Å². The highest BCUT2D eigenvalue weighted by Crippen LogP contribution is 2.32. The number of anilines is 1. The number of aryl methyl sites for hydroxylation is 1. The van der Waals surface area contributed by atoms with E-state index >= 15 is 0 Å². The maximum Gasteiger partial charge on any atom is 0.223 e. The molecule has 0 radical (unpaired) electrons. The smallest absolute Gasteiger partial charge is 0.223 e. The van der Waals surface area contributed by atoms with Crippen LogP contribution in [-0.4, -0.2) is 16.5 Å². The average molecular weight is 280 g/mol. The van der Waals surface area contributed by atoms with Gasteiger partial charge in [-0.1, -0.05) is 35.5 Å². The summed E-state index contributed by atoms with van der Waals surface area (Å²) in [5, 5.41) is 4.76. The molecule has 0 bridgehead atoms. The lowest BCUT2D eigenvalue weighted by Crippen LogP contribution is -2.03. The zero-order valence-electron chi connectivity index (χ0n) is 10.3. The number of hydrogen-bond acceptors (Lipinski definition) is 4. The van der Waals surface area contributed by atoms with Gasteiger partial charge in [-0.3, -0.25) is 0 Å². The van der Waals surface area contributed by atoms with Crippen LogP contribution in [0.5, 0.6) is 0 Å². The van der Waals surface area contributed by atoms with E-state index in [1.165, 1.54) is 0 Å². The summed E-state index contributed by atoms with van der Waals surface area (Å²) in [6.07, 6.45) is 0. The summed E-state index contributed by atoms with van der Waals surface area (Å²) < 4.78 is 0. The van der Waals surface area contributed by atoms with Gasteiger partial charge in [0.2, 0.25) is 5.95 Å². The van der Waals surface area contributed by atoms with Gasteiger partial charge in [0.15, 0.2) is 0 Å². The predicted octanol–water partition coefficient (Wildman–Crippen LogP) is 4.02. The van der Waals surface area contributed by atoms with Crippen LogP contribution in [-0.2, 0) is 0 Å². The second-order valence-electron chi connectivity index (χ2n) is 3.73. The molecule has 1 aromatic heterocycles. The monoisotopic (exact) mass is 279 g/mol. The molecule has 3 nitrogen and oxygen atoms in total. The first-order chi connectivity index (χ1) is 8.69. The minimum absolute atomic E-state index is 0.659. The molecule has 0 amide bonds. The van der Waals surface area contributed by atoms with E-state index < -0.39 is 0 Å². The van der Waals surface area contributed by atoms with Crippen molar-refractivity contribution in [1.29, 1.82) is 0 Å². The molecular weight excluding hydrogens is 266 g/mol. The lowest BCUT2D eigenvalue weighted by Gasteiger charge is -2.07. The van der Waals surface area contributed by atoms with Crippen LogP contribution < -0.4 is 5.32 Å². The molecular formula is C13H14ClN3S. The summed E-state index contributed by atoms with van der Waals surface area (Å²) in [4.78, 5) is 9.76. The lowest BCUT2D eigenvalue weighted by atomic mass is 10.4. The fourth-order valence-electron chi connectivity index (χ4n) is 1.47. The topological polar surface area (TPSA) is 37.8 Å². The first-order valence-electron chi connectivity index (χ1n) is 5.71. The number of benzene rings is 1. The minimum Gasteiger partial charge on any atom is -0.354 e. The molecule has 0 fully saturated rings. The van der Waals surface area contributed by atoms with Crippen molar-refractivity contribution in [1.82, 2.24) is 9.97 Å². The van der Waals surface area contributed by atoms with Crippen molar-refractivity contribution in [3.05, 3.63) is 41.0 Å². The molecule has 5 heteroatoms. The number of nitrogens with one attached hydrogen (secondary N) is 1. The molecule has 0 aliphatic rings. The fraction of sp³-hybridized carbons (Fsp3) is 0.231. The van der Waals surface area contributed by atoms with E-state index in [1.54, 1.807) is 11.8 Å². The average Bonchev–Trinajstić information content (AvgIpc) is 2.32. The molecule has 0 atom stereocenters. The van der Waals surface area contributed by atoms with Gasteiger partial charge in [0, 0.05) is 17.1 Å². The van der Waals surface area contributed by atoms with Gasteiger partial charge in [-0.15, -0.1) is 0 Å². The molecule has 0 spiro atoms. The van der Waals surface area contributed by atoms with E-state index in [-0.39, 0.29) is 0 Å². The van der Waals surface area contributed by atoms with Gasteiger partial charge in [-0.2, -0.15) is 0 Å². The Balaban J connectivity index is 2.26. The molecule has 2 rings (SSSR count). The summed E-state index contributed by atoms with van der Waals surface area (Å²) in [5.74, 6) is 0.659. The Morgan fingerprint density at radius 3 is 2.78 bits per heavy atom. The summed E-state index contributed by atoms with van der Waals surface area (Å²) in [7, 11) is 0. The molecule has 94 valence electrons. The van der Waals surface area contributed by atoms with Crippen LogP contribution in [0.3, 0.4) is 0 Å². The molecule has 0 saturated carbocycles. The first-order valence-corrected chi connectivity index (χ1v) is 6.90. The van der Waals surface area contributed by atoms with Crippen LogP contribution in [0.2, 0.25) is 5.02 Å². The SMILES string of the molecule is CCNc1nc(C)cc(Sc2ccccc2Cl)n1. The van der Waals surface area contributed by atoms with Gasteiger partial charge >= 0.3 is 0 Å². The molecule has 1 heterocycles. The van der Waals surface area contributed by atoms with Crippen LogP contribution in [0, 0.1) is 6.92 Å². The second kappa shape index (κ2) is 6.07. The van der Waals surface area contributed by atoms with E-state index in [2.05, 4.69) is 15.3 Å². The van der Waals surface area contributed by atoms with Crippen LogP contribution in [0.4, 0.5) is 5.95 Å². The van der Waals surface area contributed by atoms with Crippen molar-refractivity contribution in [3.8, 4) is 0 Å². The Kier molecular flexibility index (Phi) is 4.44. The predicted molar refractivity (Wildman–Crippen MR) is 76.5 cm³/mol. The van der Waals surface area contributed by atoms with Gasteiger partial charge in [0.05, 0.1) is 5.02 Å². The van der Waals surface area contributed by atoms with Crippen LogP contribution in [0.1, 0.15) is 12.6 Å². The fourth-order valence-corrected chi connectivity index (χ4v) is 2.62. The van der Waals surface area contributed by atoms with Gasteiger partial charge in [0.1, 0.15) is 5.03 Å². The molecule has 1 N–H and O–H groups in total. The number of nitrogens with zero attached hydrogens (tertiary/aromatic N) is 2. The normalized spacial score (nSPS) is 10.4. The summed E-state index contributed by atoms with van der Waals surface area (Å²) >= 11 is 7.68. The molecule has 0 aliphatic heterocycles. The van der Waals surface area contributed by atoms with E-state index in [0.717, 1.165) is 27.2 Å². The third-order valence-corrected chi connectivity index (χ3v) is 3.65. The number of rotatable bonds is 4. The molecule has 2 aromatic rings. The highest BCUT2D eigenvalue weighted by Gasteiger charge is 2.06. The standard InChI is InChI=1S/C13H14ClN3S/c1-3-15-13-16-9(2)8-12(17-13)18-11-7-5-4-6-10(11)14/h4-8H,3H2,1-2H3,(H,15,16,17). The highest BCUT2D eigenvalue weighted by molar-refractivity contribution is 7.99. The second-order valence-corrected chi connectivity index (χ2v) is 5.20. The summed E-state index contributed by atoms with van der Waals surface area (Å²) in [6.45, 7) is 4.78. The van der Waals surface area contributed by atoms with Crippen LogP contribution in [0.25, 0.3) is 0 Å². The number of halogens is 1. The van der Waals surface area contributed by atoms with Gasteiger partial charge in [-0.05, 0) is 32.0 Å². The van der Waals surface area contributed by atoms with Crippen molar-refractivity contribution >= 4 is 29.3 Å². The maximum atomic E-state index is 6.14. The Labute approximate surface area is 116 Å². The zero-order chi connectivity index (χ0) is 13.0. The Morgan fingerprint density at radius 1 is 1.28 bits per heavy atom. The summed E-state index contributed by atoms with van der Waals surface area (Å²) in [6, 6.07) is 9.70. The van der Waals surface area contributed by atoms with E-state index in [1.807, 2.05) is 44.2 Å². The maximum absolute atomic E-state index is 6.14. The molecule has 18 heavy (non-hydrogen) atoms. The van der Waals surface area contributed by atoms with E-state index in [0.29, 0.717) is 5.95 Å². The molecule has 0 aliphatic carbocycles. The van der Waals surface area contributed by atoms with Gasteiger partial charge in [0.25, 0.3) is 0 Å². The van der Waals surface area contributed by atoms with Gasteiger partial charge < -0.3 is 5.32 Å². The summed E-state index contributed by atoms with van der Waals surface area (Å²) in [5.41, 5.74) is 0.940. The lowest BCUT2D eigenvalue weighted by molar-refractivity contribution is 0.984. The highest BCUT2D eigenvalue weighted by atomic mass is 35.5. The minimum atomic E-state index is 0.659. The van der Waals surface area contributed by atoms with Crippen molar-refractivity contribution < 1.29 is 0 Å². The Bertz CT molecular complexity index is 546. The largest absolute Gasteiger partial charge is 0.354 e. The third kappa shape index (κ3) is 3.37. The van der Waals surface area contributed by atoms with Gasteiger partial charge in [-0.25, -0.2) is 9.97 Å².